The second-order valence-electron chi connectivity index (χ2n) is 5.45. The van der Waals surface area contributed by atoms with Crippen molar-refractivity contribution in [3.63, 3.8) is 0 Å². The highest BCUT2D eigenvalue weighted by Crippen LogP contribution is 2.06. The van der Waals surface area contributed by atoms with Gasteiger partial charge in [-0.3, -0.25) is 9.59 Å². The number of hydrogen-bond donors (Lipinski definition) is 2. The normalized spacial score (nSPS) is 11.3. The van der Waals surface area contributed by atoms with Crippen LogP contribution in [0.3, 0.4) is 0 Å². The minimum atomic E-state index is -0.296. The van der Waals surface area contributed by atoms with E-state index in [0.717, 1.165) is 5.56 Å². The summed E-state index contributed by atoms with van der Waals surface area (Å²) in [6.07, 6.45) is 3.92. The van der Waals surface area contributed by atoms with Crippen LogP contribution in [0.15, 0.2) is 71.8 Å². The lowest BCUT2D eigenvalue weighted by Crippen LogP contribution is -2.21. The van der Waals surface area contributed by atoms with E-state index in [-0.39, 0.29) is 24.7 Å². The summed E-state index contributed by atoms with van der Waals surface area (Å²) in [7, 11) is 0. The van der Waals surface area contributed by atoms with Crippen molar-refractivity contribution in [3.8, 4) is 0 Å². The maximum Gasteiger partial charge on any atom is 0.240 e. The highest BCUT2D eigenvalue weighted by atomic mass is 16.2. The van der Waals surface area contributed by atoms with Crippen LogP contribution in [0.25, 0.3) is 6.08 Å². The average Bonchev–Trinajstić information content (AvgIpc) is 2.64. The summed E-state index contributed by atoms with van der Waals surface area (Å²) in [6, 6.07) is 19.0. The Hall–Kier alpha value is -3.21. The minimum Gasteiger partial charge on any atom is -0.326 e. The molecule has 5 nitrogen and oxygen atoms in total. The van der Waals surface area contributed by atoms with Crippen molar-refractivity contribution >= 4 is 29.3 Å². The summed E-state index contributed by atoms with van der Waals surface area (Å²) in [5.74, 6) is -0.498. The lowest BCUT2D eigenvalue weighted by atomic mass is 10.2. The van der Waals surface area contributed by atoms with Gasteiger partial charge >= 0.3 is 0 Å². The first-order valence-corrected chi connectivity index (χ1v) is 8.04. The van der Waals surface area contributed by atoms with E-state index in [1.54, 1.807) is 19.1 Å². The first kappa shape index (κ1) is 18.1. The Labute approximate surface area is 147 Å². The number of hydrazone groups is 1. The highest BCUT2D eigenvalue weighted by molar-refractivity contribution is 5.97. The van der Waals surface area contributed by atoms with E-state index in [2.05, 4.69) is 15.8 Å². The maximum absolute atomic E-state index is 11.8. The molecular formula is C20H21N3O2. The molecule has 2 rings (SSSR count). The van der Waals surface area contributed by atoms with Crippen LogP contribution in [0.5, 0.6) is 0 Å². The first-order chi connectivity index (χ1) is 12.1. The number of nitrogens with zero attached hydrogens (tertiary/aromatic N) is 1. The third kappa shape index (κ3) is 7.26. The molecule has 0 spiro atoms. The molecule has 0 bridgehead atoms. The summed E-state index contributed by atoms with van der Waals surface area (Å²) >= 11 is 0. The molecular weight excluding hydrogens is 314 g/mol. The summed E-state index contributed by atoms with van der Waals surface area (Å²) < 4.78 is 0. The lowest BCUT2D eigenvalue weighted by molar-refractivity contribution is -0.124. The lowest BCUT2D eigenvalue weighted by Gasteiger charge is -2.04. The van der Waals surface area contributed by atoms with Gasteiger partial charge < -0.3 is 5.32 Å². The summed E-state index contributed by atoms with van der Waals surface area (Å²) in [5.41, 5.74) is 4.90. The SMILES string of the molecule is CC(/C=C/c1ccccc1)=N/NC(=O)CCC(=O)Nc1ccccc1. The van der Waals surface area contributed by atoms with Crippen molar-refractivity contribution < 1.29 is 9.59 Å². The van der Waals surface area contributed by atoms with E-state index in [9.17, 15) is 9.59 Å². The van der Waals surface area contributed by atoms with Crippen LogP contribution in [0.1, 0.15) is 25.3 Å². The van der Waals surface area contributed by atoms with E-state index in [1.807, 2.05) is 60.7 Å². The fourth-order valence-electron chi connectivity index (χ4n) is 2.00. The number of anilines is 1. The monoisotopic (exact) mass is 335 g/mol. The van der Waals surface area contributed by atoms with Gasteiger partial charge in [0.15, 0.2) is 0 Å². The number of rotatable bonds is 7. The molecule has 0 radical (unpaired) electrons. The third-order valence-electron chi connectivity index (χ3n) is 3.31. The molecule has 0 saturated carbocycles. The van der Waals surface area contributed by atoms with Gasteiger partial charge in [0.25, 0.3) is 0 Å². The van der Waals surface area contributed by atoms with Gasteiger partial charge in [0, 0.05) is 18.5 Å². The number of carbonyl (C=O) groups is 2. The molecule has 2 N–H and O–H groups in total. The van der Waals surface area contributed by atoms with Crippen LogP contribution < -0.4 is 10.7 Å². The van der Waals surface area contributed by atoms with Gasteiger partial charge in [0.2, 0.25) is 11.8 Å². The number of para-hydroxylation sites is 1. The zero-order valence-electron chi connectivity index (χ0n) is 14.1. The smallest absolute Gasteiger partial charge is 0.240 e. The Kier molecular flexibility index (Phi) is 7.13. The highest BCUT2D eigenvalue weighted by Gasteiger charge is 2.06. The predicted molar refractivity (Wildman–Crippen MR) is 101 cm³/mol. The van der Waals surface area contributed by atoms with Crippen LogP contribution >= 0.6 is 0 Å². The van der Waals surface area contributed by atoms with Crippen molar-refractivity contribution in [2.24, 2.45) is 5.10 Å². The van der Waals surface area contributed by atoms with Crippen LogP contribution in [0, 0.1) is 0 Å². The van der Waals surface area contributed by atoms with Gasteiger partial charge in [0.1, 0.15) is 0 Å². The number of carbonyl (C=O) groups excluding carboxylic acids is 2. The van der Waals surface area contributed by atoms with Crippen molar-refractivity contribution in [2.75, 3.05) is 5.32 Å². The molecule has 2 aromatic rings. The zero-order chi connectivity index (χ0) is 17.9. The molecule has 0 aliphatic carbocycles. The molecule has 0 fully saturated rings. The largest absolute Gasteiger partial charge is 0.326 e. The molecule has 5 heteroatoms. The fraction of sp³-hybridized carbons (Fsp3) is 0.150. The van der Waals surface area contributed by atoms with Crippen molar-refractivity contribution in [1.29, 1.82) is 0 Å². The quantitative estimate of drug-likeness (QED) is 0.599. The van der Waals surface area contributed by atoms with E-state index >= 15 is 0 Å². The van der Waals surface area contributed by atoms with Gasteiger partial charge in [-0.25, -0.2) is 5.43 Å². The number of amides is 2. The molecule has 0 aliphatic heterocycles. The molecule has 2 amide bonds. The molecule has 128 valence electrons. The van der Waals surface area contributed by atoms with E-state index in [4.69, 9.17) is 0 Å². The first-order valence-electron chi connectivity index (χ1n) is 8.04. The fourth-order valence-corrected chi connectivity index (χ4v) is 2.00. The Balaban J connectivity index is 1.72. The number of benzene rings is 2. The standard InChI is InChI=1S/C20H21N3O2/c1-16(12-13-17-8-4-2-5-9-17)22-23-20(25)15-14-19(24)21-18-10-6-3-7-11-18/h2-13H,14-15H2,1H3,(H,21,24)(H,23,25)/b13-12+,22-16-. The molecule has 0 aliphatic rings. The predicted octanol–water partition coefficient (Wildman–Crippen LogP) is 3.61. The zero-order valence-corrected chi connectivity index (χ0v) is 14.1. The number of hydrogen-bond acceptors (Lipinski definition) is 3. The van der Waals surface area contributed by atoms with Crippen LogP contribution in [0.2, 0.25) is 0 Å². The maximum atomic E-state index is 11.8. The summed E-state index contributed by atoms with van der Waals surface area (Å²) in [4.78, 5) is 23.5. The van der Waals surface area contributed by atoms with E-state index < -0.39 is 0 Å². The van der Waals surface area contributed by atoms with Gasteiger partial charge in [0.05, 0.1) is 5.71 Å². The number of nitrogens with one attached hydrogen (secondary N) is 2. The van der Waals surface area contributed by atoms with E-state index in [1.165, 1.54) is 0 Å². The van der Waals surface area contributed by atoms with Crippen LogP contribution in [-0.4, -0.2) is 17.5 Å². The molecule has 0 atom stereocenters. The Morgan fingerprint density at radius 1 is 0.920 bits per heavy atom. The average molecular weight is 335 g/mol. The van der Waals surface area contributed by atoms with Gasteiger partial charge in [-0.1, -0.05) is 54.6 Å². The summed E-state index contributed by atoms with van der Waals surface area (Å²) in [5, 5.41) is 6.73. The van der Waals surface area contributed by atoms with Crippen molar-refractivity contribution in [2.45, 2.75) is 19.8 Å². The molecule has 0 unspecified atom stereocenters. The van der Waals surface area contributed by atoms with Crippen molar-refractivity contribution in [3.05, 3.63) is 72.3 Å². The van der Waals surface area contributed by atoms with Gasteiger partial charge in [-0.2, -0.15) is 5.10 Å². The van der Waals surface area contributed by atoms with Gasteiger partial charge in [-0.05, 0) is 30.7 Å². The van der Waals surface area contributed by atoms with Crippen LogP contribution in [0.4, 0.5) is 5.69 Å². The topological polar surface area (TPSA) is 70.6 Å². The molecule has 2 aromatic carbocycles. The third-order valence-corrected chi connectivity index (χ3v) is 3.31. The second-order valence-corrected chi connectivity index (χ2v) is 5.45. The molecule has 0 heterocycles. The Morgan fingerprint density at radius 3 is 2.20 bits per heavy atom. The summed E-state index contributed by atoms with van der Waals surface area (Å²) in [6.45, 7) is 1.79. The van der Waals surface area contributed by atoms with Gasteiger partial charge in [-0.15, -0.1) is 0 Å². The Bertz CT molecular complexity index is 753. The Morgan fingerprint density at radius 2 is 1.52 bits per heavy atom. The molecule has 0 aromatic heterocycles. The number of allylic oxidation sites excluding steroid dienone is 1. The van der Waals surface area contributed by atoms with Crippen molar-refractivity contribution in [1.82, 2.24) is 5.43 Å². The molecule has 25 heavy (non-hydrogen) atoms. The van der Waals surface area contributed by atoms with Crippen LogP contribution in [-0.2, 0) is 9.59 Å². The second kappa shape index (κ2) is 9.82. The minimum absolute atomic E-state index is 0.0812. The molecule has 0 saturated heterocycles. The van der Waals surface area contributed by atoms with E-state index in [0.29, 0.717) is 11.4 Å².